The van der Waals surface area contributed by atoms with E-state index in [1.54, 1.807) is 19.4 Å². The highest BCUT2D eigenvalue weighted by atomic mass is 19.1. The van der Waals surface area contributed by atoms with Crippen LogP contribution in [0.15, 0.2) is 42.6 Å². The van der Waals surface area contributed by atoms with Crippen LogP contribution in [0.25, 0.3) is 27.7 Å². The van der Waals surface area contributed by atoms with Crippen LogP contribution in [0, 0.1) is 17.7 Å². The van der Waals surface area contributed by atoms with Crippen molar-refractivity contribution in [2.24, 2.45) is 11.8 Å². The maximum atomic E-state index is 14.0. The van der Waals surface area contributed by atoms with Crippen LogP contribution in [0.2, 0.25) is 0 Å². The molecule has 2 N–H and O–H groups in total. The first-order valence-corrected chi connectivity index (χ1v) is 10.9. The van der Waals surface area contributed by atoms with E-state index >= 15 is 0 Å². The molecule has 0 amide bonds. The standard InChI is InChI=1S/C25H28FN3O/c1-30-24-7-6-19(26)14-21(24)20-10-13-28-25-22(20)15-23(29-25)18-4-2-16(3-5-18)17-8-11-27-12-9-17/h4,6-7,10,13-17,27H,2-3,5,8-9,11-12H2,1H3,(H,28,29). The lowest BCUT2D eigenvalue weighted by atomic mass is 9.76. The SMILES string of the molecule is COc1ccc(F)cc1-c1ccnc2[nH]c(C3=CCC(C4CCNCC4)CC3)cc12. The number of aromatic amines is 1. The van der Waals surface area contributed by atoms with Gasteiger partial charge in [-0.15, -0.1) is 0 Å². The van der Waals surface area contributed by atoms with Gasteiger partial charge in [0.15, 0.2) is 0 Å². The van der Waals surface area contributed by atoms with Crippen LogP contribution in [0.1, 0.15) is 37.8 Å². The number of nitrogens with one attached hydrogen (secondary N) is 2. The molecule has 4 nitrogen and oxygen atoms in total. The highest BCUT2D eigenvalue weighted by Gasteiger charge is 2.26. The number of ether oxygens (including phenoxy) is 1. The number of methoxy groups -OCH3 is 1. The van der Waals surface area contributed by atoms with Gasteiger partial charge in [0.2, 0.25) is 0 Å². The van der Waals surface area contributed by atoms with E-state index in [1.165, 1.54) is 37.0 Å². The van der Waals surface area contributed by atoms with E-state index in [-0.39, 0.29) is 5.82 Å². The summed E-state index contributed by atoms with van der Waals surface area (Å²) in [4.78, 5) is 8.02. The molecular weight excluding hydrogens is 377 g/mol. The second-order valence-electron chi connectivity index (χ2n) is 8.50. The number of fused-ring (bicyclic) bond motifs is 1. The lowest BCUT2D eigenvalue weighted by Crippen LogP contribution is -2.32. The van der Waals surface area contributed by atoms with Crippen molar-refractivity contribution >= 4 is 16.6 Å². The first-order valence-electron chi connectivity index (χ1n) is 10.9. The van der Waals surface area contributed by atoms with E-state index in [0.717, 1.165) is 65.6 Å². The Morgan fingerprint density at radius 2 is 1.90 bits per heavy atom. The van der Waals surface area contributed by atoms with Crippen LogP contribution in [-0.4, -0.2) is 30.2 Å². The summed E-state index contributed by atoms with van der Waals surface area (Å²) in [6.07, 6.45) is 10.3. The number of nitrogens with zero attached hydrogens (tertiary/aromatic N) is 1. The number of rotatable bonds is 4. The van der Waals surface area contributed by atoms with E-state index in [4.69, 9.17) is 4.74 Å². The Hall–Kier alpha value is -2.66. The van der Waals surface area contributed by atoms with Crippen molar-refractivity contribution in [2.45, 2.75) is 32.1 Å². The largest absolute Gasteiger partial charge is 0.496 e. The van der Waals surface area contributed by atoms with Crippen LogP contribution in [0.3, 0.4) is 0 Å². The van der Waals surface area contributed by atoms with Crippen molar-refractivity contribution < 1.29 is 9.13 Å². The van der Waals surface area contributed by atoms with Gasteiger partial charge in [0, 0.05) is 22.8 Å². The number of aromatic nitrogens is 2. The Bertz CT molecular complexity index is 1080. The molecule has 156 valence electrons. The van der Waals surface area contributed by atoms with Crippen molar-refractivity contribution in [3.63, 3.8) is 0 Å². The van der Waals surface area contributed by atoms with Crippen molar-refractivity contribution in [1.82, 2.24) is 15.3 Å². The van der Waals surface area contributed by atoms with Gasteiger partial charge in [-0.2, -0.15) is 0 Å². The quantitative estimate of drug-likeness (QED) is 0.597. The third-order valence-corrected chi connectivity index (χ3v) is 6.83. The molecule has 3 aromatic rings. The summed E-state index contributed by atoms with van der Waals surface area (Å²) in [5.41, 5.74) is 5.01. The number of hydrogen-bond donors (Lipinski definition) is 2. The number of H-pyrrole nitrogens is 1. The van der Waals surface area contributed by atoms with E-state index in [1.807, 2.05) is 6.07 Å². The maximum absolute atomic E-state index is 14.0. The zero-order valence-electron chi connectivity index (χ0n) is 17.4. The Morgan fingerprint density at radius 3 is 2.67 bits per heavy atom. The zero-order chi connectivity index (χ0) is 20.5. The number of allylic oxidation sites excluding steroid dienone is 2. The van der Waals surface area contributed by atoms with Crippen molar-refractivity contribution in [3.8, 4) is 16.9 Å². The van der Waals surface area contributed by atoms with E-state index in [9.17, 15) is 4.39 Å². The minimum atomic E-state index is -0.273. The van der Waals surface area contributed by atoms with E-state index < -0.39 is 0 Å². The number of pyridine rings is 1. The van der Waals surface area contributed by atoms with Crippen LogP contribution in [0.5, 0.6) is 5.75 Å². The topological polar surface area (TPSA) is 49.9 Å². The summed E-state index contributed by atoms with van der Waals surface area (Å²) >= 11 is 0. The molecule has 1 atom stereocenters. The molecule has 1 saturated heterocycles. The molecule has 1 unspecified atom stereocenters. The number of piperidine rings is 1. The van der Waals surface area contributed by atoms with Gasteiger partial charge in [-0.3, -0.25) is 0 Å². The van der Waals surface area contributed by atoms with E-state index in [0.29, 0.717) is 5.75 Å². The number of hydrogen-bond acceptors (Lipinski definition) is 3. The molecule has 2 aliphatic rings. The van der Waals surface area contributed by atoms with Gasteiger partial charge < -0.3 is 15.0 Å². The second kappa shape index (κ2) is 8.23. The number of benzene rings is 1. The van der Waals surface area contributed by atoms with Crippen LogP contribution in [-0.2, 0) is 0 Å². The summed E-state index contributed by atoms with van der Waals surface area (Å²) in [6, 6.07) is 8.73. The molecule has 0 spiro atoms. The predicted molar refractivity (Wildman–Crippen MR) is 119 cm³/mol. The van der Waals surface area contributed by atoms with Gasteiger partial charge >= 0.3 is 0 Å². The molecule has 5 heteroatoms. The molecule has 1 aliphatic carbocycles. The highest BCUT2D eigenvalue weighted by molar-refractivity contribution is 5.96. The molecule has 1 fully saturated rings. The predicted octanol–water partition coefficient (Wildman–Crippen LogP) is 5.56. The molecule has 3 heterocycles. The third-order valence-electron chi connectivity index (χ3n) is 6.83. The summed E-state index contributed by atoms with van der Waals surface area (Å²) in [6.45, 7) is 2.33. The van der Waals surface area contributed by atoms with Crippen LogP contribution < -0.4 is 10.1 Å². The molecule has 0 bridgehead atoms. The number of halogens is 1. The molecule has 1 aromatic carbocycles. The Kier molecular flexibility index (Phi) is 5.30. The van der Waals surface area contributed by atoms with Gasteiger partial charge in [-0.1, -0.05) is 6.08 Å². The Morgan fingerprint density at radius 1 is 1.03 bits per heavy atom. The van der Waals surface area contributed by atoms with Gasteiger partial charge in [0.05, 0.1) is 7.11 Å². The fourth-order valence-electron chi connectivity index (χ4n) is 5.17. The third kappa shape index (κ3) is 3.63. The molecular formula is C25H28FN3O. The van der Waals surface area contributed by atoms with Crippen molar-refractivity contribution in [2.75, 3.05) is 20.2 Å². The molecule has 5 rings (SSSR count). The summed E-state index contributed by atoms with van der Waals surface area (Å²) < 4.78 is 19.4. The minimum Gasteiger partial charge on any atom is -0.496 e. The minimum absolute atomic E-state index is 0.273. The van der Waals surface area contributed by atoms with Crippen LogP contribution >= 0.6 is 0 Å². The first kappa shape index (κ1) is 19.3. The molecule has 30 heavy (non-hydrogen) atoms. The Labute approximate surface area is 176 Å². The van der Waals surface area contributed by atoms with Crippen LogP contribution in [0.4, 0.5) is 4.39 Å². The first-order chi connectivity index (χ1) is 14.7. The monoisotopic (exact) mass is 405 g/mol. The summed E-state index contributed by atoms with van der Waals surface area (Å²) in [5, 5.41) is 4.47. The maximum Gasteiger partial charge on any atom is 0.138 e. The zero-order valence-corrected chi connectivity index (χ0v) is 17.4. The summed E-state index contributed by atoms with van der Waals surface area (Å²) in [7, 11) is 1.61. The lowest BCUT2D eigenvalue weighted by molar-refractivity contribution is 0.245. The van der Waals surface area contributed by atoms with Gasteiger partial charge in [0.1, 0.15) is 17.2 Å². The molecule has 0 saturated carbocycles. The fourth-order valence-corrected chi connectivity index (χ4v) is 5.17. The normalized spacial score (nSPS) is 20.3. The Balaban J connectivity index is 1.46. The van der Waals surface area contributed by atoms with Gasteiger partial charge in [-0.05, 0) is 98.5 Å². The van der Waals surface area contributed by atoms with E-state index in [2.05, 4.69) is 27.4 Å². The average Bonchev–Trinajstić information content (AvgIpc) is 3.24. The van der Waals surface area contributed by atoms with Crippen molar-refractivity contribution in [3.05, 3.63) is 54.1 Å². The average molecular weight is 406 g/mol. The highest BCUT2D eigenvalue weighted by Crippen LogP contribution is 2.39. The lowest BCUT2D eigenvalue weighted by Gasteiger charge is -2.32. The molecule has 1 aliphatic heterocycles. The smallest absolute Gasteiger partial charge is 0.138 e. The van der Waals surface area contributed by atoms with Gasteiger partial charge in [-0.25, -0.2) is 9.37 Å². The molecule has 2 aromatic heterocycles. The summed E-state index contributed by atoms with van der Waals surface area (Å²) in [5.74, 6) is 2.06. The fraction of sp³-hybridized carbons (Fsp3) is 0.400. The molecule has 0 radical (unpaired) electrons. The van der Waals surface area contributed by atoms with Crippen molar-refractivity contribution in [1.29, 1.82) is 0 Å². The van der Waals surface area contributed by atoms with Gasteiger partial charge in [0.25, 0.3) is 0 Å². The second-order valence-corrected chi connectivity index (χ2v) is 8.50.